The van der Waals surface area contributed by atoms with Gasteiger partial charge in [0.1, 0.15) is 0 Å². The van der Waals surface area contributed by atoms with Crippen LogP contribution in [0.1, 0.15) is 6.92 Å². The zero-order chi connectivity index (χ0) is 11.1. The van der Waals surface area contributed by atoms with Crippen molar-refractivity contribution in [2.75, 3.05) is 6.61 Å². The Bertz CT molecular complexity index is 466. The van der Waals surface area contributed by atoms with Gasteiger partial charge in [0.2, 0.25) is 0 Å². The van der Waals surface area contributed by atoms with E-state index in [1.54, 1.807) is 6.08 Å². The van der Waals surface area contributed by atoms with Crippen LogP contribution in [0.2, 0.25) is 0 Å². The van der Waals surface area contributed by atoms with Crippen LogP contribution in [0.4, 0.5) is 0 Å². The Balaban J connectivity index is 3.40. The SMILES string of the molecule is C=c1cccc/c1=C(/C=C\C)\C=C\CO. The molecule has 1 heteroatoms. The summed E-state index contributed by atoms with van der Waals surface area (Å²) in [6.45, 7) is 6.01. The number of benzene rings is 1. The molecule has 0 spiro atoms. The van der Waals surface area contributed by atoms with E-state index in [2.05, 4.69) is 6.58 Å². The first-order chi connectivity index (χ1) is 7.29. The second-order valence-corrected chi connectivity index (χ2v) is 3.20. The average molecular weight is 200 g/mol. The van der Waals surface area contributed by atoms with Crippen molar-refractivity contribution in [3.63, 3.8) is 0 Å². The summed E-state index contributed by atoms with van der Waals surface area (Å²) in [6.07, 6.45) is 7.62. The normalized spacial score (nSPS) is 13.7. The lowest BCUT2D eigenvalue weighted by molar-refractivity contribution is 0.343. The van der Waals surface area contributed by atoms with E-state index in [1.165, 1.54) is 0 Å². The molecule has 78 valence electrons. The molecule has 1 N–H and O–H groups in total. The molecule has 0 unspecified atom stereocenters. The predicted molar refractivity (Wildman–Crippen MR) is 65.7 cm³/mol. The van der Waals surface area contributed by atoms with Crippen molar-refractivity contribution >= 4 is 12.2 Å². The fourth-order valence-corrected chi connectivity index (χ4v) is 1.40. The number of aliphatic hydroxyl groups excluding tert-OH is 1. The molecule has 0 aliphatic carbocycles. The van der Waals surface area contributed by atoms with E-state index in [9.17, 15) is 0 Å². The maximum Gasteiger partial charge on any atom is 0.0615 e. The van der Waals surface area contributed by atoms with Gasteiger partial charge in [-0.1, -0.05) is 55.1 Å². The van der Waals surface area contributed by atoms with Gasteiger partial charge in [-0.2, -0.15) is 0 Å². The summed E-state index contributed by atoms with van der Waals surface area (Å²) < 4.78 is 0. The van der Waals surface area contributed by atoms with Crippen LogP contribution in [-0.2, 0) is 0 Å². The molecule has 0 saturated heterocycles. The highest BCUT2D eigenvalue weighted by atomic mass is 16.2. The van der Waals surface area contributed by atoms with Crippen LogP contribution in [0.5, 0.6) is 0 Å². The minimum Gasteiger partial charge on any atom is -0.392 e. The lowest BCUT2D eigenvalue weighted by Gasteiger charge is -1.95. The third-order valence-electron chi connectivity index (χ3n) is 2.08. The molecule has 0 atom stereocenters. The van der Waals surface area contributed by atoms with Crippen molar-refractivity contribution in [1.82, 2.24) is 0 Å². The second kappa shape index (κ2) is 5.99. The van der Waals surface area contributed by atoms with Gasteiger partial charge >= 0.3 is 0 Å². The molecule has 0 saturated carbocycles. The van der Waals surface area contributed by atoms with Crippen LogP contribution < -0.4 is 10.4 Å². The van der Waals surface area contributed by atoms with E-state index >= 15 is 0 Å². The van der Waals surface area contributed by atoms with Crippen molar-refractivity contribution in [2.45, 2.75) is 6.92 Å². The molecule has 0 radical (unpaired) electrons. The van der Waals surface area contributed by atoms with Gasteiger partial charge in [-0.3, -0.25) is 0 Å². The number of aliphatic hydroxyl groups is 1. The van der Waals surface area contributed by atoms with Crippen LogP contribution >= 0.6 is 0 Å². The van der Waals surface area contributed by atoms with Crippen molar-refractivity contribution in [1.29, 1.82) is 0 Å². The fourth-order valence-electron chi connectivity index (χ4n) is 1.40. The van der Waals surface area contributed by atoms with Crippen molar-refractivity contribution in [3.05, 3.63) is 59.0 Å². The van der Waals surface area contributed by atoms with Gasteiger partial charge in [-0.25, -0.2) is 0 Å². The Labute approximate surface area is 90.4 Å². The first-order valence-electron chi connectivity index (χ1n) is 4.98. The topological polar surface area (TPSA) is 20.2 Å². The Morgan fingerprint density at radius 3 is 2.67 bits per heavy atom. The van der Waals surface area contributed by atoms with E-state index in [0.29, 0.717) is 0 Å². The van der Waals surface area contributed by atoms with Crippen molar-refractivity contribution < 1.29 is 5.11 Å². The first kappa shape index (κ1) is 11.5. The third kappa shape index (κ3) is 3.22. The highest BCUT2D eigenvalue weighted by molar-refractivity contribution is 5.66. The molecular weight excluding hydrogens is 184 g/mol. The Hall–Kier alpha value is -1.60. The third-order valence-corrected chi connectivity index (χ3v) is 2.08. The zero-order valence-electron chi connectivity index (χ0n) is 8.98. The standard InChI is InChI=1S/C14H16O/c1-3-7-13(9-6-11-15)14-10-5-4-8-12(14)2/h3-10,15H,2,11H2,1H3/b7-3-,9-6+,14-13+. The zero-order valence-corrected chi connectivity index (χ0v) is 8.98. The van der Waals surface area contributed by atoms with Crippen LogP contribution in [0.15, 0.2) is 48.6 Å². The Morgan fingerprint density at radius 1 is 1.33 bits per heavy atom. The largest absolute Gasteiger partial charge is 0.392 e. The summed E-state index contributed by atoms with van der Waals surface area (Å²) in [6, 6.07) is 7.96. The number of hydrogen-bond donors (Lipinski definition) is 1. The summed E-state index contributed by atoms with van der Waals surface area (Å²) >= 11 is 0. The summed E-state index contributed by atoms with van der Waals surface area (Å²) in [4.78, 5) is 0. The highest BCUT2D eigenvalue weighted by Crippen LogP contribution is 1.97. The molecule has 0 heterocycles. The monoisotopic (exact) mass is 200 g/mol. The molecule has 0 aromatic heterocycles. The number of hydrogen-bond acceptors (Lipinski definition) is 1. The molecule has 1 rings (SSSR count). The quantitative estimate of drug-likeness (QED) is 0.781. The molecule has 0 bridgehead atoms. The van der Waals surface area contributed by atoms with E-state index in [0.717, 1.165) is 16.0 Å². The summed E-state index contributed by atoms with van der Waals surface area (Å²) in [5, 5.41) is 10.9. The van der Waals surface area contributed by atoms with Gasteiger partial charge in [0.05, 0.1) is 6.61 Å². The second-order valence-electron chi connectivity index (χ2n) is 3.20. The Kier molecular flexibility index (Phi) is 4.58. The number of allylic oxidation sites excluding steroid dienone is 3. The molecule has 15 heavy (non-hydrogen) atoms. The summed E-state index contributed by atoms with van der Waals surface area (Å²) in [5.41, 5.74) is 1.07. The fraction of sp³-hybridized carbons (Fsp3) is 0.143. The van der Waals surface area contributed by atoms with Crippen LogP contribution in [0.3, 0.4) is 0 Å². The van der Waals surface area contributed by atoms with Gasteiger partial charge in [-0.15, -0.1) is 0 Å². The molecule has 0 amide bonds. The van der Waals surface area contributed by atoms with Crippen molar-refractivity contribution in [3.8, 4) is 0 Å². The molecule has 0 aliphatic heterocycles. The maximum atomic E-state index is 8.76. The molecule has 1 nitrogen and oxygen atoms in total. The van der Waals surface area contributed by atoms with Crippen LogP contribution in [0, 0.1) is 0 Å². The molecule has 0 aliphatic rings. The lowest BCUT2D eigenvalue weighted by Crippen LogP contribution is -2.23. The lowest BCUT2D eigenvalue weighted by atomic mass is 10.1. The van der Waals surface area contributed by atoms with Gasteiger partial charge in [-0.05, 0) is 22.9 Å². The first-order valence-corrected chi connectivity index (χ1v) is 4.98. The van der Waals surface area contributed by atoms with Gasteiger partial charge in [0.15, 0.2) is 0 Å². The average Bonchev–Trinajstić information content (AvgIpc) is 2.25. The van der Waals surface area contributed by atoms with E-state index in [4.69, 9.17) is 5.11 Å². The van der Waals surface area contributed by atoms with Gasteiger partial charge < -0.3 is 5.11 Å². The smallest absolute Gasteiger partial charge is 0.0615 e. The molecular formula is C14H16O. The molecule has 0 fully saturated rings. The maximum absolute atomic E-state index is 8.76. The van der Waals surface area contributed by atoms with Crippen LogP contribution in [-0.4, -0.2) is 11.7 Å². The van der Waals surface area contributed by atoms with Gasteiger partial charge in [0, 0.05) is 0 Å². The van der Waals surface area contributed by atoms with Crippen molar-refractivity contribution in [2.24, 2.45) is 0 Å². The Morgan fingerprint density at radius 2 is 2.07 bits per heavy atom. The van der Waals surface area contributed by atoms with Crippen LogP contribution in [0.25, 0.3) is 12.2 Å². The molecule has 1 aromatic rings. The summed E-state index contributed by atoms with van der Waals surface area (Å²) in [5.74, 6) is 0. The predicted octanol–water partition coefficient (Wildman–Crippen LogP) is 1.37. The van der Waals surface area contributed by atoms with Gasteiger partial charge in [0.25, 0.3) is 0 Å². The van der Waals surface area contributed by atoms with E-state index < -0.39 is 0 Å². The highest BCUT2D eigenvalue weighted by Gasteiger charge is 1.89. The molecule has 1 aromatic carbocycles. The minimum atomic E-state index is 0.0559. The minimum absolute atomic E-state index is 0.0559. The number of rotatable bonds is 3. The van der Waals surface area contributed by atoms with E-state index in [-0.39, 0.29) is 6.61 Å². The van der Waals surface area contributed by atoms with E-state index in [1.807, 2.05) is 49.4 Å². The summed E-state index contributed by atoms with van der Waals surface area (Å²) in [7, 11) is 0.